The number of aromatic nitrogens is 1. The van der Waals surface area contributed by atoms with Crippen LogP contribution < -0.4 is 5.73 Å². The Morgan fingerprint density at radius 3 is 2.81 bits per heavy atom. The van der Waals surface area contributed by atoms with Crippen molar-refractivity contribution in [1.29, 1.82) is 0 Å². The molecule has 2 rings (SSSR count). The highest BCUT2D eigenvalue weighted by atomic mass is 16.5. The summed E-state index contributed by atoms with van der Waals surface area (Å²) < 4.78 is 5.26. The number of hydrogen-bond acceptors (Lipinski definition) is 4. The average Bonchev–Trinajstić information content (AvgIpc) is 2.25. The Labute approximate surface area is 96.4 Å². The van der Waals surface area contributed by atoms with Crippen LogP contribution in [-0.2, 0) is 11.3 Å². The summed E-state index contributed by atoms with van der Waals surface area (Å²) in [5.74, 6) is 0. The van der Waals surface area contributed by atoms with Gasteiger partial charge in [0.2, 0.25) is 0 Å². The minimum absolute atomic E-state index is 0.170. The second-order valence-electron chi connectivity index (χ2n) is 4.69. The molecule has 1 aromatic heterocycles. The first-order valence-corrected chi connectivity index (χ1v) is 5.60. The van der Waals surface area contributed by atoms with Gasteiger partial charge in [-0.1, -0.05) is 6.07 Å². The van der Waals surface area contributed by atoms with E-state index in [0.29, 0.717) is 6.54 Å². The van der Waals surface area contributed by atoms with Crippen LogP contribution in [0.1, 0.15) is 5.69 Å². The van der Waals surface area contributed by atoms with Gasteiger partial charge in [0, 0.05) is 31.2 Å². The van der Waals surface area contributed by atoms with Crippen molar-refractivity contribution >= 4 is 0 Å². The second kappa shape index (κ2) is 4.91. The molecule has 2 heterocycles. The first-order chi connectivity index (χ1) is 7.74. The Kier molecular flexibility index (Phi) is 3.53. The van der Waals surface area contributed by atoms with Gasteiger partial charge in [-0.2, -0.15) is 0 Å². The van der Waals surface area contributed by atoms with E-state index in [1.54, 1.807) is 0 Å². The maximum atomic E-state index is 5.79. The van der Waals surface area contributed by atoms with Gasteiger partial charge >= 0.3 is 0 Å². The predicted molar refractivity (Wildman–Crippen MR) is 62.9 cm³/mol. The molecule has 16 heavy (non-hydrogen) atoms. The normalized spacial score (nSPS) is 18.4. The molecule has 0 aromatic carbocycles. The van der Waals surface area contributed by atoms with Crippen molar-refractivity contribution < 1.29 is 4.74 Å². The van der Waals surface area contributed by atoms with E-state index in [1.807, 2.05) is 24.4 Å². The van der Waals surface area contributed by atoms with Gasteiger partial charge < -0.3 is 10.5 Å². The Hall–Kier alpha value is -0.970. The van der Waals surface area contributed by atoms with Gasteiger partial charge in [-0.05, 0) is 19.2 Å². The van der Waals surface area contributed by atoms with E-state index >= 15 is 0 Å². The molecule has 0 aliphatic carbocycles. The third-order valence-electron chi connectivity index (χ3n) is 3.01. The van der Waals surface area contributed by atoms with Crippen LogP contribution in [0.15, 0.2) is 24.4 Å². The van der Waals surface area contributed by atoms with Gasteiger partial charge in [-0.15, -0.1) is 0 Å². The van der Waals surface area contributed by atoms with Gasteiger partial charge in [-0.25, -0.2) is 0 Å². The third kappa shape index (κ3) is 2.58. The highest BCUT2D eigenvalue weighted by molar-refractivity contribution is 5.03. The van der Waals surface area contributed by atoms with Gasteiger partial charge in [-0.3, -0.25) is 9.88 Å². The first-order valence-electron chi connectivity index (χ1n) is 5.60. The Balaban J connectivity index is 1.87. The maximum absolute atomic E-state index is 5.79. The molecular weight excluding hydrogens is 202 g/mol. The summed E-state index contributed by atoms with van der Waals surface area (Å²) in [5, 5.41) is 0. The number of hydrogen-bond donors (Lipinski definition) is 1. The number of pyridine rings is 1. The zero-order valence-electron chi connectivity index (χ0n) is 9.72. The quantitative estimate of drug-likeness (QED) is 0.786. The van der Waals surface area contributed by atoms with Crippen LogP contribution in [0.2, 0.25) is 0 Å². The van der Waals surface area contributed by atoms with Crippen LogP contribution in [0.3, 0.4) is 0 Å². The van der Waals surface area contributed by atoms with Crippen LogP contribution >= 0.6 is 0 Å². The lowest BCUT2D eigenvalue weighted by Crippen LogP contribution is -2.54. The van der Waals surface area contributed by atoms with Crippen molar-refractivity contribution in [1.82, 2.24) is 9.88 Å². The summed E-state index contributed by atoms with van der Waals surface area (Å²) in [6, 6.07) is 5.99. The van der Waals surface area contributed by atoms with Crippen LogP contribution in [0.5, 0.6) is 0 Å². The van der Waals surface area contributed by atoms with E-state index < -0.39 is 0 Å². The molecule has 1 aliphatic rings. The molecule has 0 amide bonds. The van der Waals surface area contributed by atoms with Gasteiger partial charge in [0.25, 0.3) is 0 Å². The van der Waals surface area contributed by atoms with Crippen LogP contribution in [0.4, 0.5) is 0 Å². The number of nitrogens with zero attached hydrogens (tertiary/aromatic N) is 2. The largest absolute Gasteiger partial charge is 0.380 e. The molecule has 0 radical (unpaired) electrons. The molecular formula is C12H19N3O. The van der Waals surface area contributed by atoms with Crippen molar-refractivity contribution in [2.24, 2.45) is 11.1 Å². The Bertz CT molecular complexity index is 319. The highest BCUT2D eigenvalue weighted by Gasteiger charge is 2.38. The maximum Gasteiger partial charge on any atom is 0.0569 e. The summed E-state index contributed by atoms with van der Waals surface area (Å²) in [5.41, 5.74) is 7.05. The molecule has 1 fully saturated rings. The molecule has 4 nitrogen and oxygen atoms in total. The fourth-order valence-corrected chi connectivity index (χ4v) is 2.06. The summed E-state index contributed by atoms with van der Waals surface area (Å²) in [6.07, 6.45) is 1.83. The SMILES string of the molecule is CN(Cc1ccccn1)CC1(CN)COC1. The molecule has 0 atom stereocenters. The minimum Gasteiger partial charge on any atom is -0.380 e. The summed E-state index contributed by atoms with van der Waals surface area (Å²) in [4.78, 5) is 6.58. The first kappa shape index (κ1) is 11.5. The number of rotatable bonds is 5. The third-order valence-corrected chi connectivity index (χ3v) is 3.01. The van der Waals surface area contributed by atoms with E-state index in [1.165, 1.54) is 0 Å². The van der Waals surface area contributed by atoms with Gasteiger partial charge in [0.05, 0.1) is 18.9 Å². The van der Waals surface area contributed by atoms with Crippen molar-refractivity contribution in [3.63, 3.8) is 0 Å². The van der Waals surface area contributed by atoms with E-state index in [0.717, 1.165) is 32.0 Å². The molecule has 0 spiro atoms. The fraction of sp³-hybridized carbons (Fsp3) is 0.583. The molecule has 1 aliphatic heterocycles. The standard InChI is InChI=1S/C12H19N3O/c1-15(6-11-4-2-3-5-14-11)8-12(7-13)9-16-10-12/h2-5H,6-10,13H2,1H3. The van der Waals surface area contributed by atoms with E-state index in [2.05, 4.69) is 16.9 Å². The molecule has 88 valence electrons. The zero-order valence-corrected chi connectivity index (χ0v) is 9.72. The molecule has 1 saturated heterocycles. The van der Waals surface area contributed by atoms with Crippen molar-refractivity contribution in [2.45, 2.75) is 6.54 Å². The summed E-state index contributed by atoms with van der Waals surface area (Å²) in [6.45, 7) is 4.11. The predicted octanol–water partition coefficient (Wildman–Crippen LogP) is 0.489. The van der Waals surface area contributed by atoms with E-state index in [4.69, 9.17) is 10.5 Å². The number of ether oxygens (including phenoxy) is 1. The summed E-state index contributed by atoms with van der Waals surface area (Å²) >= 11 is 0. The highest BCUT2D eigenvalue weighted by Crippen LogP contribution is 2.27. The van der Waals surface area contributed by atoms with Crippen molar-refractivity contribution in [3.8, 4) is 0 Å². The molecule has 0 bridgehead atoms. The minimum atomic E-state index is 0.170. The van der Waals surface area contributed by atoms with Crippen LogP contribution in [0, 0.1) is 5.41 Å². The molecule has 4 heteroatoms. The van der Waals surface area contributed by atoms with Crippen molar-refractivity contribution in [3.05, 3.63) is 30.1 Å². The average molecular weight is 221 g/mol. The van der Waals surface area contributed by atoms with Gasteiger partial charge in [0.15, 0.2) is 0 Å². The summed E-state index contributed by atoms with van der Waals surface area (Å²) in [7, 11) is 2.10. The lowest BCUT2D eigenvalue weighted by molar-refractivity contribution is -0.118. The second-order valence-corrected chi connectivity index (χ2v) is 4.69. The molecule has 1 aromatic rings. The smallest absolute Gasteiger partial charge is 0.0569 e. The lowest BCUT2D eigenvalue weighted by Gasteiger charge is -2.42. The van der Waals surface area contributed by atoms with Crippen molar-refractivity contribution in [2.75, 3.05) is 33.4 Å². The zero-order chi connectivity index (χ0) is 11.4. The fourth-order valence-electron chi connectivity index (χ4n) is 2.06. The molecule has 0 saturated carbocycles. The van der Waals surface area contributed by atoms with Gasteiger partial charge in [0.1, 0.15) is 0 Å². The van der Waals surface area contributed by atoms with Crippen LogP contribution in [-0.4, -0.2) is 43.2 Å². The topological polar surface area (TPSA) is 51.4 Å². The Morgan fingerprint density at radius 2 is 2.31 bits per heavy atom. The van der Waals surface area contributed by atoms with Crippen LogP contribution in [0.25, 0.3) is 0 Å². The van der Waals surface area contributed by atoms with E-state index in [-0.39, 0.29) is 5.41 Å². The van der Waals surface area contributed by atoms with E-state index in [9.17, 15) is 0 Å². The monoisotopic (exact) mass is 221 g/mol. The Morgan fingerprint density at radius 1 is 1.50 bits per heavy atom. The molecule has 2 N–H and O–H groups in total. The molecule has 0 unspecified atom stereocenters. The lowest BCUT2D eigenvalue weighted by atomic mass is 9.85. The number of nitrogens with two attached hydrogens (primary N) is 1.